The number of carbonyl (C=O) groups excluding carboxylic acids is 2. The van der Waals surface area contributed by atoms with Gasteiger partial charge in [-0.2, -0.15) is 0 Å². The molecule has 3 aliphatic rings. The molecule has 1 N–H and O–H groups in total. The summed E-state index contributed by atoms with van der Waals surface area (Å²) in [5.41, 5.74) is 1.01. The molecule has 2 atom stereocenters. The van der Waals surface area contributed by atoms with Gasteiger partial charge in [-0.3, -0.25) is 19.4 Å². The van der Waals surface area contributed by atoms with Crippen LogP contribution in [0.2, 0.25) is 0 Å². The maximum absolute atomic E-state index is 14.4. The van der Waals surface area contributed by atoms with Crippen LogP contribution < -0.4 is 30.3 Å². The summed E-state index contributed by atoms with van der Waals surface area (Å²) in [6, 6.07) is 16.8. The fraction of sp³-hybridized carbons (Fsp3) is 0.405. The Hall–Kier alpha value is -5.17. The van der Waals surface area contributed by atoms with Crippen LogP contribution >= 0.6 is 0 Å². The van der Waals surface area contributed by atoms with E-state index in [9.17, 15) is 18.8 Å². The first-order valence-electron chi connectivity index (χ1n) is 17.2. The third-order valence-electron chi connectivity index (χ3n) is 9.95. The fourth-order valence-electron chi connectivity index (χ4n) is 7.22. The number of hydrogen-bond donors (Lipinski definition) is 1. The number of fused-ring (bicyclic) bond motifs is 1. The average Bonchev–Trinajstić information content (AvgIpc) is 3.87. The molecule has 12 nitrogen and oxygen atoms in total. The zero-order chi connectivity index (χ0) is 34.9. The number of benzene rings is 3. The maximum Gasteiger partial charge on any atom is 0.327 e. The molecule has 1 saturated carbocycles. The number of likely N-dealkylation sites (tertiary alicyclic amines) is 1. The normalized spacial score (nSPS) is 18.6. The van der Waals surface area contributed by atoms with E-state index < -0.39 is 17.9 Å². The molecule has 3 fully saturated rings. The SMILES string of the molecule is COc1ccc(N(C(=O)Nc2ccc(F)cc2)C(C)c2nc3ccccc3c(=O)n2N2CCN(C(=O)[C@@H]3CCCN3C3CC3)CC2)c(OC)c1. The molecule has 0 radical (unpaired) electrons. The number of carbonyl (C=O) groups is 2. The van der Waals surface area contributed by atoms with Crippen molar-refractivity contribution >= 4 is 34.2 Å². The Morgan fingerprint density at radius 1 is 0.940 bits per heavy atom. The summed E-state index contributed by atoms with van der Waals surface area (Å²) < 4.78 is 26.4. The Kier molecular flexibility index (Phi) is 9.32. The number of anilines is 2. The van der Waals surface area contributed by atoms with Crippen LogP contribution in [-0.2, 0) is 4.79 Å². The predicted octanol–water partition coefficient (Wildman–Crippen LogP) is 4.76. The largest absolute Gasteiger partial charge is 0.497 e. The van der Waals surface area contributed by atoms with E-state index in [1.807, 2.05) is 16.0 Å². The number of methoxy groups -OCH3 is 2. The summed E-state index contributed by atoms with van der Waals surface area (Å²) in [6.45, 7) is 4.52. The van der Waals surface area contributed by atoms with Crippen molar-refractivity contribution in [1.82, 2.24) is 19.5 Å². The summed E-state index contributed by atoms with van der Waals surface area (Å²) in [5, 5.41) is 5.23. The van der Waals surface area contributed by atoms with Crippen LogP contribution in [0, 0.1) is 5.82 Å². The van der Waals surface area contributed by atoms with E-state index >= 15 is 0 Å². The molecule has 0 bridgehead atoms. The van der Waals surface area contributed by atoms with E-state index in [0.717, 1.165) is 32.2 Å². The lowest BCUT2D eigenvalue weighted by Crippen LogP contribution is -2.59. The molecule has 50 heavy (non-hydrogen) atoms. The van der Waals surface area contributed by atoms with Crippen molar-refractivity contribution in [3.05, 3.63) is 88.7 Å². The minimum Gasteiger partial charge on any atom is -0.497 e. The number of urea groups is 1. The first-order valence-corrected chi connectivity index (χ1v) is 17.2. The zero-order valence-corrected chi connectivity index (χ0v) is 28.5. The second-order valence-electron chi connectivity index (χ2n) is 13.0. The average molecular weight is 684 g/mol. The number of hydrogen-bond acceptors (Lipinski definition) is 8. The minimum atomic E-state index is -0.819. The highest BCUT2D eigenvalue weighted by molar-refractivity contribution is 6.03. The van der Waals surface area contributed by atoms with E-state index in [2.05, 4.69) is 10.2 Å². The molecule has 1 aliphatic carbocycles. The van der Waals surface area contributed by atoms with Crippen molar-refractivity contribution in [2.75, 3.05) is 62.2 Å². The van der Waals surface area contributed by atoms with Gasteiger partial charge in [0.15, 0.2) is 5.82 Å². The van der Waals surface area contributed by atoms with Crippen LogP contribution in [0.15, 0.2) is 71.5 Å². The molecule has 1 aromatic heterocycles. The van der Waals surface area contributed by atoms with Crippen molar-refractivity contribution in [2.45, 2.75) is 50.7 Å². The highest BCUT2D eigenvalue weighted by atomic mass is 19.1. The monoisotopic (exact) mass is 683 g/mol. The van der Waals surface area contributed by atoms with Gasteiger partial charge in [-0.05, 0) is 87.7 Å². The van der Waals surface area contributed by atoms with Gasteiger partial charge in [0.2, 0.25) is 5.91 Å². The van der Waals surface area contributed by atoms with Crippen LogP contribution in [0.1, 0.15) is 44.5 Å². The lowest BCUT2D eigenvalue weighted by molar-refractivity contribution is -0.136. The van der Waals surface area contributed by atoms with Gasteiger partial charge in [-0.15, -0.1) is 0 Å². The van der Waals surface area contributed by atoms with E-state index in [4.69, 9.17) is 14.5 Å². The number of halogens is 1. The molecule has 4 aromatic rings. The molecule has 3 amide bonds. The van der Waals surface area contributed by atoms with E-state index in [1.54, 1.807) is 48.0 Å². The van der Waals surface area contributed by atoms with Gasteiger partial charge in [-0.1, -0.05) is 12.1 Å². The number of rotatable bonds is 9. The van der Waals surface area contributed by atoms with Gasteiger partial charge in [-0.25, -0.2) is 18.8 Å². The Morgan fingerprint density at radius 3 is 2.38 bits per heavy atom. The Labute approximate surface area is 289 Å². The van der Waals surface area contributed by atoms with E-state index in [-0.39, 0.29) is 17.5 Å². The first kappa shape index (κ1) is 33.3. The summed E-state index contributed by atoms with van der Waals surface area (Å²) >= 11 is 0. The number of nitrogens with one attached hydrogen (secondary N) is 1. The summed E-state index contributed by atoms with van der Waals surface area (Å²) in [7, 11) is 3.04. The van der Waals surface area contributed by atoms with Gasteiger partial charge < -0.3 is 24.7 Å². The quantitative estimate of drug-likeness (QED) is 0.269. The van der Waals surface area contributed by atoms with Crippen LogP contribution in [0.4, 0.5) is 20.6 Å². The smallest absolute Gasteiger partial charge is 0.327 e. The van der Waals surface area contributed by atoms with Crippen LogP contribution in [0.3, 0.4) is 0 Å². The van der Waals surface area contributed by atoms with Gasteiger partial charge in [0.25, 0.3) is 5.56 Å². The standard InChI is InChI=1S/C37H42FN7O5/c1-24(44(31-17-16-28(49-2)23-33(31)50-3)37(48)39-26-12-10-25(38)11-13-26)34-40-30-8-5-4-7-29(30)35(46)45(34)42-21-19-41(20-22-42)36(47)32-9-6-18-43(32)27-14-15-27/h4-5,7-8,10-13,16-17,23-24,27,32H,6,9,14-15,18-22H2,1-3H3,(H,39,48)/t24?,32-/m0/s1. The highest BCUT2D eigenvalue weighted by Gasteiger charge is 2.42. The van der Waals surface area contributed by atoms with Crippen LogP contribution in [0.25, 0.3) is 10.9 Å². The molecule has 2 aliphatic heterocycles. The van der Waals surface area contributed by atoms with Crippen LogP contribution in [-0.4, -0.2) is 90.4 Å². The fourth-order valence-corrected chi connectivity index (χ4v) is 7.22. The molecular weight excluding hydrogens is 641 g/mol. The number of nitrogens with zero attached hydrogens (tertiary/aromatic N) is 6. The number of piperazine rings is 1. The Balaban J connectivity index is 1.25. The summed E-state index contributed by atoms with van der Waals surface area (Å²) in [5.74, 6) is 0.959. The molecule has 0 spiro atoms. The van der Waals surface area contributed by atoms with Crippen molar-refractivity contribution in [2.24, 2.45) is 0 Å². The lowest BCUT2D eigenvalue weighted by atomic mass is 10.1. The maximum atomic E-state index is 14.4. The lowest BCUT2D eigenvalue weighted by Gasteiger charge is -2.40. The van der Waals surface area contributed by atoms with E-state index in [1.165, 1.54) is 43.4 Å². The molecule has 262 valence electrons. The van der Waals surface area contributed by atoms with Crippen molar-refractivity contribution in [3.8, 4) is 11.5 Å². The molecule has 13 heteroatoms. The van der Waals surface area contributed by atoms with Crippen molar-refractivity contribution in [3.63, 3.8) is 0 Å². The number of amides is 3. The number of aromatic nitrogens is 2. The zero-order valence-electron chi connectivity index (χ0n) is 28.5. The summed E-state index contributed by atoms with van der Waals surface area (Å²) in [4.78, 5) is 53.1. The summed E-state index contributed by atoms with van der Waals surface area (Å²) in [6.07, 6.45) is 4.25. The van der Waals surface area contributed by atoms with Gasteiger partial charge in [0.1, 0.15) is 17.3 Å². The molecular formula is C37H42FN7O5. The highest BCUT2D eigenvalue weighted by Crippen LogP contribution is 2.38. The Bertz CT molecular complexity index is 1940. The first-order chi connectivity index (χ1) is 24.3. The van der Waals surface area contributed by atoms with Crippen molar-refractivity contribution in [1.29, 1.82) is 0 Å². The molecule has 7 rings (SSSR count). The van der Waals surface area contributed by atoms with Gasteiger partial charge >= 0.3 is 6.03 Å². The second kappa shape index (κ2) is 14.0. The van der Waals surface area contributed by atoms with Gasteiger partial charge in [0.05, 0.1) is 56.0 Å². The van der Waals surface area contributed by atoms with Crippen LogP contribution in [0.5, 0.6) is 11.5 Å². The topological polar surface area (TPSA) is 112 Å². The van der Waals surface area contributed by atoms with E-state index in [0.29, 0.717) is 71.8 Å². The number of ether oxygens (including phenoxy) is 2. The second-order valence-corrected chi connectivity index (χ2v) is 13.0. The van der Waals surface area contributed by atoms with Gasteiger partial charge in [0, 0.05) is 30.9 Å². The third-order valence-corrected chi connectivity index (χ3v) is 9.95. The third kappa shape index (κ3) is 6.45. The predicted molar refractivity (Wildman–Crippen MR) is 189 cm³/mol. The molecule has 3 aromatic carbocycles. The minimum absolute atomic E-state index is 0.0673. The number of para-hydroxylation sites is 1. The Morgan fingerprint density at radius 2 is 1.68 bits per heavy atom. The molecule has 3 heterocycles. The van der Waals surface area contributed by atoms with Crippen molar-refractivity contribution < 1.29 is 23.5 Å². The molecule has 2 saturated heterocycles. The molecule has 1 unspecified atom stereocenters.